The van der Waals surface area contributed by atoms with Crippen molar-refractivity contribution in [3.8, 4) is 5.75 Å². The van der Waals surface area contributed by atoms with Crippen LogP contribution in [0.4, 0.5) is 26.3 Å². The van der Waals surface area contributed by atoms with E-state index >= 15 is 0 Å². The number of nitrogens with two attached hydrogens (primary N) is 1. The molecule has 5 nitrogen and oxygen atoms in total. The van der Waals surface area contributed by atoms with Gasteiger partial charge in [0, 0.05) is 0 Å². The van der Waals surface area contributed by atoms with Crippen molar-refractivity contribution in [2.24, 2.45) is 5.73 Å². The quantitative estimate of drug-likeness (QED) is 0.313. The van der Waals surface area contributed by atoms with E-state index < -0.39 is 50.1 Å². The molecule has 186 valence electrons. The molecule has 12 heteroatoms. The van der Waals surface area contributed by atoms with Crippen molar-refractivity contribution in [2.45, 2.75) is 30.7 Å². The number of aliphatic hydroxyl groups excluding tert-OH is 1. The van der Waals surface area contributed by atoms with Gasteiger partial charge in [-0.15, -0.1) is 4.52 Å². The molecule has 0 spiro atoms. The molecule has 2 aromatic carbocycles. The fourth-order valence-electron chi connectivity index (χ4n) is 2.95. The Labute approximate surface area is 193 Å². The number of aliphatic hydroxyl groups is 1. The van der Waals surface area contributed by atoms with E-state index in [0.717, 1.165) is 24.3 Å². The highest BCUT2D eigenvalue weighted by Crippen LogP contribution is 2.37. The third kappa shape index (κ3) is 8.39. The van der Waals surface area contributed by atoms with Crippen LogP contribution in [0.15, 0.2) is 48.5 Å². The molecule has 0 aliphatic heterocycles. The van der Waals surface area contributed by atoms with Gasteiger partial charge in [-0.2, -0.15) is 26.3 Å². The first-order chi connectivity index (χ1) is 15.9. The number of aryl methyl sites for hydroxylation is 1. The Hall–Kier alpha value is -2.46. The largest absolute Gasteiger partial charge is 0.494 e. The van der Waals surface area contributed by atoms with E-state index in [4.69, 9.17) is 15.0 Å². The molecule has 0 aliphatic carbocycles. The Morgan fingerprint density at radius 3 is 2.24 bits per heavy atom. The van der Waals surface area contributed by atoms with Crippen LogP contribution in [0.5, 0.6) is 5.75 Å². The lowest BCUT2D eigenvalue weighted by atomic mass is 9.93. The number of hydrogen-bond acceptors (Lipinski definition) is 5. The Balaban J connectivity index is 2.06. The summed E-state index contributed by atoms with van der Waals surface area (Å²) in [5.41, 5.74) is 3.59. The Morgan fingerprint density at radius 2 is 1.68 bits per heavy atom. The summed E-state index contributed by atoms with van der Waals surface area (Å²) in [6, 6.07) is 7.79. The molecule has 0 fully saturated rings. The molecule has 2 atom stereocenters. The van der Waals surface area contributed by atoms with Gasteiger partial charge in [0.1, 0.15) is 19.0 Å². The van der Waals surface area contributed by atoms with Gasteiger partial charge in [0.25, 0.3) is 0 Å². The van der Waals surface area contributed by atoms with Gasteiger partial charge in [0.05, 0.1) is 23.3 Å². The maximum absolute atomic E-state index is 13.5. The van der Waals surface area contributed by atoms with Crippen LogP contribution in [0.1, 0.15) is 28.7 Å². The SMILES string of the molecule is NC(CO)(CCc1ccc(OCC=Cc2ccc(C(F)(F)F)cc2)c(C(F)(F)F)c1)CO[PH+]=O. The summed E-state index contributed by atoms with van der Waals surface area (Å²) in [6.07, 6.45) is -6.16. The second-order valence-electron chi connectivity index (χ2n) is 7.55. The minimum absolute atomic E-state index is 0.0847. The molecule has 34 heavy (non-hydrogen) atoms. The van der Waals surface area contributed by atoms with Crippen LogP contribution in [0, 0.1) is 0 Å². The van der Waals surface area contributed by atoms with Crippen molar-refractivity contribution < 1.29 is 45.3 Å². The molecule has 2 rings (SSSR count). The molecular formula is C22H23F6NO4P+. The third-order valence-corrected chi connectivity index (χ3v) is 5.14. The van der Waals surface area contributed by atoms with Crippen LogP contribution in [0.3, 0.4) is 0 Å². The molecule has 0 saturated carbocycles. The number of rotatable bonds is 11. The molecular weight excluding hydrogens is 487 g/mol. The molecule has 0 bridgehead atoms. The zero-order valence-corrected chi connectivity index (χ0v) is 18.7. The van der Waals surface area contributed by atoms with Crippen LogP contribution in [-0.4, -0.2) is 30.5 Å². The van der Waals surface area contributed by atoms with Crippen LogP contribution in [-0.2, 0) is 27.9 Å². The van der Waals surface area contributed by atoms with E-state index in [9.17, 15) is 36.0 Å². The lowest BCUT2D eigenvalue weighted by Gasteiger charge is -2.24. The lowest BCUT2D eigenvalue weighted by Crippen LogP contribution is -2.47. The lowest BCUT2D eigenvalue weighted by molar-refractivity contribution is -0.139. The second kappa shape index (κ2) is 11.8. The van der Waals surface area contributed by atoms with E-state index in [0.29, 0.717) is 11.1 Å². The molecule has 0 radical (unpaired) electrons. The zero-order valence-electron chi connectivity index (χ0n) is 17.7. The predicted molar refractivity (Wildman–Crippen MR) is 115 cm³/mol. The molecule has 0 amide bonds. The minimum Gasteiger partial charge on any atom is -0.489 e. The van der Waals surface area contributed by atoms with E-state index in [1.54, 1.807) is 0 Å². The summed E-state index contributed by atoms with van der Waals surface area (Å²) >= 11 is 0. The molecule has 2 aromatic rings. The maximum Gasteiger partial charge on any atom is 0.494 e. The normalized spacial score (nSPS) is 14.5. The third-order valence-electron chi connectivity index (χ3n) is 4.88. The van der Waals surface area contributed by atoms with Gasteiger partial charge in [0.2, 0.25) is 0 Å². The predicted octanol–water partition coefficient (Wildman–Crippen LogP) is 5.39. The van der Waals surface area contributed by atoms with Crippen molar-refractivity contribution in [3.63, 3.8) is 0 Å². The Morgan fingerprint density at radius 1 is 1.00 bits per heavy atom. The number of alkyl halides is 6. The van der Waals surface area contributed by atoms with Gasteiger partial charge in [0.15, 0.2) is 0 Å². The van der Waals surface area contributed by atoms with Gasteiger partial charge < -0.3 is 15.6 Å². The van der Waals surface area contributed by atoms with Crippen molar-refractivity contribution in [1.82, 2.24) is 0 Å². The van der Waals surface area contributed by atoms with Gasteiger partial charge in [-0.25, -0.2) is 0 Å². The topological polar surface area (TPSA) is 81.8 Å². The molecule has 2 unspecified atom stereocenters. The van der Waals surface area contributed by atoms with Crippen LogP contribution >= 0.6 is 8.69 Å². The van der Waals surface area contributed by atoms with E-state index in [2.05, 4.69) is 0 Å². The zero-order chi connectivity index (χ0) is 25.4. The van der Waals surface area contributed by atoms with Crippen LogP contribution in [0.2, 0.25) is 0 Å². The van der Waals surface area contributed by atoms with Crippen molar-refractivity contribution in [3.05, 3.63) is 70.8 Å². The summed E-state index contributed by atoms with van der Waals surface area (Å²) in [5.74, 6) is -0.412. The average molecular weight is 510 g/mol. The van der Waals surface area contributed by atoms with Gasteiger partial charge in [-0.1, -0.05) is 24.3 Å². The van der Waals surface area contributed by atoms with E-state index in [1.807, 2.05) is 0 Å². The Bertz CT molecular complexity index is 979. The molecule has 0 aromatic heterocycles. The van der Waals surface area contributed by atoms with Crippen molar-refractivity contribution in [2.75, 3.05) is 19.8 Å². The molecule has 0 aliphatic rings. The highest BCUT2D eigenvalue weighted by molar-refractivity contribution is 7.17. The summed E-state index contributed by atoms with van der Waals surface area (Å²) in [4.78, 5) is 0. The van der Waals surface area contributed by atoms with Crippen LogP contribution < -0.4 is 10.5 Å². The molecule has 3 N–H and O–H groups in total. The van der Waals surface area contributed by atoms with Gasteiger partial charge >= 0.3 is 21.0 Å². The highest BCUT2D eigenvalue weighted by atomic mass is 31.1. The van der Waals surface area contributed by atoms with Crippen molar-refractivity contribution in [1.29, 1.82) is 0 Å². The second-order valence-corrected chi connectivity index (χ2v) is 8.01. The Kier molecular flexibility index (Phi) is 9.64. The first-order valence-electron chi connectivity index (χ1n) is 9.93. The van der Waals surface area contributed by atoms with E-state index in [1.165, 1.54) is 30.4 Å². The summed E-state index contributed by atoms with van der Waals surface area (Å²) in [5, 5.41) is 9.41. The van der Waals surface area contributed by atoms with Crippen LogP contribution in [0.25, 0.3) is 6.08 Å². The summed E-state index contributed by atoms with van der Waals surface area (Å²) < 4.78 is 98.8. The number of benzene rings is 2. The average Bonchev–Trinajstić information content (AvgIpc) is 2.78. The van der Waals surface area contributed by atoms with E-state index in [-0.39, 0.29) is 26.1 Å². The first kappa shape index (κ1) is 27.8. The minimum atomic E-state index is -4.70. The maximum atomic E-state index is 13.5. The number of halogens is 6. The number of hydrogen-bond donors (Lipinski definition) is 2. The summed E-state index contributed by atoms with van der Waals surface area (Å²) in [6.45, 7) is -0.965. The smallest absolute Gasteiger partial charge is 0.489 e. The standard InChI is InChI=1S/C22H23F6NO4P/c23-21(24,25)17-6-3-15(4-7-17)2-1-11-32-19-8-5-16(12-18(19)22(26,27)28)9-10-20(29,13-30)14-33-34-31/h1-8,12,30,34H,9-11,13-14,29H2/q+1. The first-order valence-corrected chi connectivity index (χ1v) is 10.7. The molecule has 0 saturated heterocycles. The van der Waals surface area contributed by atoms with Gasteiger partial charge in [-0.3, -0.25) is 0 Å². The van der Waals surface area contributed by atoms with Gasteiger partial charge in [-0.05, 0) is 58.9 Å². The van der Waals surface area contributed by atoms with Crippen molar-refractivity contribution >= 4 is 14.8 Å². The fourth-order valence-corrected chi connectivity index (χ4v) is 3.30. The monoisotopic (exact) mass is 510 g/mol. The molecule has 0 heterocycles. The number of ether oxygens (including phenoxy) is 1. The fraction of sp³-hybridized carbons (Fsp3) is 0.364. The summed E-state index contributed by atoms with van der Waals surface area (Å²) in [7, 11) is -1.08. The highest BCUT2D eigenvalue weighted by Gasteiger charge is 2.35.